The number of nitriles is 1. The van der Waals surface area contributed by atoms with Gasteiger partial charge in [0.25, 0.3) is 0 Å². The highest BCUT2D eigenvalue weighted by Crippen LogP contribution is 2.32. The monoisotopic (exact) mass is 375 g/mol. The summed E-state index contributed by atoms with van der Waals surface area (Å²) in [5.41, 5.74) is 6.26. The fraction of sp³-hybridized carbons (Fsp3) is 0.294. The number of pyridine rings is 1. The molecule has 0 aliphatic rings. The Bertz CT molecular complexity index is 857. The van der Waals surface area contributed by atoms with Gasteiger partial charge in [0.2, 0.25) is 5.88 Å². The van der Waals surface area contributed by atoms with E-state index in [0.29, 0.717) is 6.61 Å². The first-order chi connectivity index (χ1) is 12.5. The molecule has 0 spiro atoms. The van der Waals surface area contributed by atoms with Gasteiger partial charge in [-0.25, -0.2) is 14.6 Å². The number of esters is 2. The third kappa shape index (κ3) is 4.10. The summed E-state index contributed by atoms with van der Waals surface area (Å²) in [6.07, 6.45) is 1.49. The van der Waals surface area contributed by atoms with Gasteiger partial charge in [0, 0.05) is 11.8 Å². The molecule has 0 aliphatic carbocycles. The van der Waals surface area contributed by atoms with Crippen molar-refractivity contribution in [3.8, 4) is 11.9 Å². The van der Waals surface area contributed by atoms with E-state index in [1.54, 1.807) is 19.9 Å². The van der Waals surface area contributed by atoms with E-state index in [0.717, 1.165) is 11.3 Å². The number of anilines is 1. The van der Waals surface area contributed by atoms with Crippen LogP contribution in [0.4, 0.5) is 5.00 Å². The van der Waals surface area contributed by atoms with E-state index >= 15 is 0 Å². The first kappa shape index (κ1) is 19.2. The molecule has 0 saturated carbocycles. The van der Waals surface area contributed by atoms with Gasteiger partial charge in [-0.05, 0) is 26.0 Å². The van der Waals surface area contributed by atoms with Crippen LogP contribution in [0.2, 0.25) is 0 Å². The lowest BCUT2D eigenvalue weighted by Crippen LogP contribution is -2.11. The fourth-order valence-electron chi connectivity index (χ4n) is 2.12. The van der Waals surface area contributed by atoms with Crippen molar-refractivity contribution < 1.29 is 23.8 Å². The molecule has 26 heavy (non-hydrogen) atoms. The normalized spacial score (nSPS) is 10.0. The Morgan fingerprint density at radius 1 is 1.27 bits per heavy atom. The molecule has 2 N–H and O–H groups in total. The van der Waals surface area contributed by atoms with Gasteiger partial charge in [0.1, 0.15) is 28.1 Å². The highest BCUT2D eigenvalue weighted by Gasteiger charge is 2.24. The Morgan fingerprint density at radius 3 is 2.69 bits per heavy atom. The molecule has 0 fully saturated rings. The summed E-state index contributed by atoms with van der Waals surface area (Å²) in [4.78, 5) is 28.5. The van der Waals surface area contributed by atoms with Gasteiger partial charge in [-0.2, -0.15) is 5.26 Å². The maximum atomic E-state index is 12.4. The summed E-state index contributed by atoms with van der Waals surface area (Å²) < 4.78 is 15.5. The van der Waals surface area contributed by atoms with E-state index in [2.05, 4.69) is 4.98 Å². The van der Waals surface area contributed by atoms with Crippen LogP contribution in [0.15, 0.2) is 18.3 Å². The van der Waals surface area contributed by atoms with Crippen molar-refractivity contribution in [2.45, 2.75) is 20.5 Å². The number of carbonyl (C=O) groups excluding carboxylic acids is 2. The highest BCUT2D eigenvalue weighted by atomic mass is 32.1. The zero-order valence-electron chi connectivity index (χ0n) is 14.3. The molecular formula is C17H17N3O5S. The molecule has 0 aliphatic heterocycles. The number of rotatable bonds is 7. The summed E-state index contributed by atoms with van der Waals surface area (Å²) in [5.74, 6) is -1.16. The summed E-state index contributed by atoms with van der Waals surface area (Å²) in [6.45, 7) is 3.64. The molecule has 9 heteroatoms. The van der Waals surface area contributed by atoms with E-state index in [9.17, 15) is 14.9 Å². The molecule has 0 saturated heterocycles. The number of ether oxygens (including phenoxy) is 3. The minimum atomic E-state index is -0.690. The molecule has 0 aromatic carbocycles. The van der Waals surface area contributed by atoms with Crippen LogP contribution in [0.1, 0.15) is 45.0 Å². The van der Waals surface area contributed by atoms with Crippen LogP contribution in [0.25, 0.3) is 0 Å². The lowest BCUT2D eigenvalue weighted by atomic mass is 10.1. The number of hydrogen-bond donors (Lipinski definition) is 1. The Labute approximate surface area is 154 Å². The van der Waals surface area contributed by atoms with Crippen molar-refractivity contribution in [2.75, 3.05) is 18.9 Å². The van der Waals surface area contributed by atoms with Crippen LogP contribution in [0.5, 0.6) is 5.88 Å². The Hall–Kier alpha value is -3.12. The van der Waals surface area contributed by atoms with Gasteiger partial charge in [0.05, 0.1) is 18.8 Å². The predicted octanol–water partition coefficient (Wildman–Crippen LogP) is 2.53. The van der Waals surface area contributed by atoms with Crippen molar-refractivity contribution in [2.24, 2.45) is 0 Å². The smallest absolute Gasteiger partial charge is 0.348 e. The number of thiophene rings is 1. The van der Waals surface area contributed by atoms with Gasteiger partial charge >= 0.3 is 11.9 Å². The molecule has 136 valence electrons. The van der Waals surface area contributed by atoms with E-state index in [1.807, 2.05) is 6.07 Å². The average molecular weight is 375 g/mol. The van der Waals surface area contributed by atoms with E-state index in [1.165, 1.54) is 12.3 Å². The predicted molar refractivity (Wildman–Crippen MR) is 93.9 cm³/mol. The van der Waals surface area contributed by atoms with Crippen molar-refractivity contribution in [3.05, 3.63) is 39.9 Å². The SMILES string of the molecule is CCOC(=O)c1sc(N)c(C#N)c1COC(=O)c1cccnc1OCC. The summed E-state index contributed by atoms with van der Waals surface area (Å²) >= 11 is 0.925. The van der Waals surface area contributed by atoms with E-state index in [4.69, 9.17) is 19.9 Å². The number of nitrogens with two attached hydrogens (primary N) is 1. The Kier molecular flexibility index (Phi) is 6.52. The second kappa shape index (κ2) is 8.82. The van der Waals surface area contributed by atoms with Crippen molar-refractivity contribution >= 4 is 28.3 Å². The van der Waals surface area contributed by atoms with Crippen LogP contribution in [-0.2, 0) is 16.1 Å². The van der Waals surface area contributed by atoms with Gasteiger partial charge in [0.15, 0.2) is 0 Å². The first-order valence-corrected chi connectivity index (χ1v) is 8.58. The second-order valence-corrected chi connectivity index (χ2v) is 5.90. The number of aromatic nitrogens is 1. The Balaban J connectivity index is 2.25. The molecule has 2 aromatic rings. The topological polar surface area (TPSA) is 125 Å². The van der Waals surface area contributed by atoms with E-state index < -0.39 is 11.9 Å². The molecule has 2 rings (SSSR count). The average Bonchev–Trinajstić information content (AvgIpc) is 2.96. The van der Waals surface area contributed by atoms with Gasteiger partial charge in [-0.1, -0.05) is 0 Å². The highest BCUT2D eigenvalue weighted by molar-refractivity contribution is 7.18. The van der Waals surface area contributed by atoms with E-state index in [-0.39, 0.29) is 45.7 Å². The fourth-order valence-corrected chi connectivity index (χ4v) is 3.04. The molecule has 0 radical (unpaired) electrons. The first-order valence-electron chi connectivity index (χ1n) is 7.76. The van der Waals surface area contributed by atoms with Gasteiger partial charge < -0.3 is 19.9 Å². The number of hydrogen-bond acceptors (Lipinski definition) is 9. The minimum absolute atomic E-state index is 0.0991. The van der Waals surface area contributed by atoms with Gasteiger partial charge in [-0.3, -0.25) is 0 Å². The van der Waals surface area contributed by atoms with Gasteiger partial charge in [-0.15, -0.1) is 11.3 Å². The molecule has 2 aromatic heterocycles. The van der Waals surface area contributed by atoms with Crippen LogP contribution < -0.4 is 10.5 Å². The molecule has 0 unspecified atom stereocenters. The third-order valence-electron chi connectivity index (χ3n) is 3.23. The van der Waals surface area contributed by atoms with Crippen molar-refractivity contribution in [1.29, 1.82) is 5.26 Å². The molecule has 0 amide bonds. The van der Waals surface area contributed by atoms with Crippen LogP contribution in [0.3, 0.4) is 0 Å². The maximum absolute atomic E-state index is 12.4. The van der Waals surface area contributed by atoms with Crippen LogP contribution >= 0.6 is 11.3 Å². The molecule has 0 bridgehead atoms. The number of nitrogen functional groups attached to an aromatic ring is 1. The Morgan fingerprint density at radius 2 is 2.04 bits per heavy atom. The summed E-state index contributed by atoms with van der Waals surface area (Å²) in [5, 5.41) is 9.44. The zero-order chi connectivity index (χ0) is 19.1. The maximum Gasteiger partial charge on any atom is 0.348 e. The summed E-state index contributed by atoms with van der Waals surface area (Å²) in [7, 11) is 0. The quantitative estimate of drug-likeness (QED) is 0.732. The zero-order valence-corrected chi connectivity index (χ0v) is 15.1. The van der Waals surface area contributed by atoms with Crippen molar-refractivity contribution in [1.82, 2.24) is 4.98 Å². The standard InChI is InChI=1S/C17H17N3O5S/c1-3-23-15-10(6-5-7-20-15)16(21)25-9-12-11(8-18)14(19)26-13(12)17(22)24-4-2/h5-7H,3-4,9,19H2,1-2H3. The number of nitrogens with zero attached hydrogens (tertiary/aromatic N) is 2. The van der Waals surface area contributed by atoms with Crippen LogP contribution in [0, 0.1) is 11.3 Å². The van der Waals surface area contributed by atoms with Crippen molar-refractivity contribution in [3.63, 3.8) is 0 Å². The second-order valence-electron chi connectivity index (χ2n) is 4.85. The molecule has 2 heterocycles. The molecule has 8 nitrogen and oxygen atoms in total. The third-order valence-corrected chi connectivity index (χ3v) is 4.27. The molecule has 0 atom stereocenters. The lowest BCUT2D eigenvalue weighted by Gasteiger charge is -2.09. The number of carbonyl (C=O) groups is 2. The lowest BCUT2D eigenvalue weighted by molar-refractivity contribution is 0.0448. The molecular weight excluding hydrogens is 358 g/mol. The van der Waals surface area contributed by atoms with Crippen LogP contribution in [-0.4, -0.2) is 30.1 Å². The minimum Gasteiger partial charge on any atom is -0.477 e. The summed E-state index contributed by atoms with van der Waals surface area (Å²) in [6, 6.07) is 5.02. The largest absolute Gasteiger partial charge is 0.477 e.